The summed E-state index contributed by atoms with van der Waals surface area (Å²) >= 11 is 0. The molecular formula is C10H10N6O. The van der Waals surface area contributed by atoms with Crippen molar-refractivity contribution in [3.63, 3.8) is 0 Å². The number of carbonyl (C=O) groups is 1. The Morgan fingerprint density at radius 1 is 1.41 bits per heavy atom. The van der Waals surface area contributed by atoms with Crippen LogP contribution in [0.3, 0.4) is 0 Å². The third-order valence-electron chi connectivity index (χ3n) is 2.13. The summed E-state index contributed by atoms with van der Waals surface area (Å²) in [5.74, 6) is -0.147. The minimum absolute atomic E-state index is 0.241. The summed E-state index contributed by atoms with van der Waals surface area (Å²) in [6, 6.07) is 3.54. The van der Waals surface area contributed by atoms with Crippen molar-refractivity contribution in [2.75, 3.05) is 5.32 Å². The number of amides is 1. The second-order valence-corrected chi connectivity index (χ2v) is 3.51. The van der Waals surface area contributed by atoms with Crippen LogP contribution in [0, 0.1) is 11.3 Å². The Kier molecular flexibility index (Phi) is 2.62. The molecular weight excluding hydrogens is 220 g/mol. The van der Waals surface area contributed by atoms with Crippen molar-refractivity contribution < 1.29 is 4.79 Å². The average molecular weight is 230 g/mol. The van der Waals surface area contributed by atoms with Gasteiger partial charge in [0, 0.05) is 26.5 Å². The van der Waals surface area contributed by atoms with Crippen molar-refractivity contribution in [2.24, 2.45) is 14.1 Å². The Morgan fingerprint density at radius 3 is 2.76 bits per heavy atom. The quantitative estimate of drug-likeness (QED) is 0.802. The Hall–Kier alpha value is -2.62. The maximum absolute atomic E-state index is 11.8. The summed E-state index contributed by atoms with van der Waals surface area (Å²) in [5, 5.41) is 19.3. The van der Waals surface area contributed by atoms with E-state index in [-0.39, 0.29) is 17.4 Å². The molecule has 0 bridgehead atoms. The molecule has 0 fully saturated rings. The molecule has 0 aromatic carbocycles. The van der Waals surface area contributed by atoms with E-state index in [1.807, 2.05) is 6.07 Å². The number of nitrogens with one attached hydrogen (secondary N) is 1. The van der Waals surface area contributed by atoms with Gasteiger partial charge in [-0.15, -0.1) is 0 Å². The number of hydrogen-bond donors (Lipinski definition) is 1. The standard InChI is InChI=1S/C10H10N6O/c1-15-4-3-8(13-15)10(17)12-9-7(5-11)6-16(2)14-9/h3-4,6H,1-2H3,(H,12,14,17). The molecule has 1 amide bonds. The summed E-state index contributed by atoms with van der Waals surface area (Å²) in [7, 11) is 3.40. The highest BCUT2D eigenvalue weighted by Gasteiger charge is 2.14. The molecule has 0 aliphatic carbocycles. The number of aromatic nitrogens is 4. The van der Waals surface area contributed by atoms with Crippen LogP contribution in [-0.2, 0) is 14.1 Å². The summed E-state index contributed by atoms with van der Waals surface area (Å²) in [6.07, 6.45) is 3.20. The van der Waals surface area contributed by atoms with Crippen molar-refractivity contribution in [1.29, 1.82) is 5.26 Å². The first-order valence-corrected chi connectivity index (χ1v) is 4.85. The van der Waals surface area contributed by atoms with Gasteiger partial charge < -0.3 is 5.32 Å². The second kappa shape index (κ2) is 4.09. The Balaban J connectivity index is 2.21. The third-order valence-corrected chi connectivity index (χ3v) is 2.13. The van der Waals surface area contributed by atoms with Crippen LogP contribution in [0.5, 0.6) is 0 Å². The van der Waals surface area contributed by atoms with Gasteiger partial charge >= 0.3 is 0 Å². The van der Waals surface area contributed by atoms with Crippen LogP contribution in [0.1, 0.15) is 16.1 Å². The predicted molar refractivity (Wildman–Crippen MR) is 59.1 cm³/mol. The zero-order chi connectivity index (χ0) is 12.4. The van der Waals surface area contributed by atoms with Gasteiger partial charge in [-0.05, 0) is 6.07 Å². The zero-order valence-corrected chi connectivity index (χ0v) is 9.38. The lowest BCUT2D eigenvalue weighted by molar-refractivity contribution is 0.102. The van der Waals surface area contributed by atoms with Crippen LogP contribution in [0.4, 0.5) is 5.82 Å². The highest BCUT2D eigenvalue weighted by Crippen LogP contribution is 2.11. The molecule has 0 aliphatic heterocycles. The molecule has 2 aromatic rings. The van der Waals surface area contributed by atoms with E-state index in [2.05, 4.69) is 15.5 Å². The Labute approximate surface area is 97.3 Å². The van der Waals surface area contributed by atoms with Gasteiger partial charge in [0.15, 0.2) is 11.5 Å². The summed E-state index contributed by atoms with van der Waals surface area (Å²) in [5.41, 5.74) is 0.596. The number of rotatable bonds is 2. The molecule has 0 spiro atoms. The first-order valence-electron chi connectivity index (χ1n) is 4.85. The average Bonchev–Trinajstić information content (AvgIpc) is 2.85. The van der Waals surface area contributed by atoms with Gasteiger partial charge in [0.2, 0.25) is 0 Å². The number of aryl methyl sites for hydroxylation is 2. The molecule has 86 valence electrons. The maximum atomic E-state index is 11.8. The van der Waals surface area contributed by atoms with Crippen molar-refractivity contribution in [2.45, 2.75) is 0 Å². The van der Waals surface area contributed by atoms with Crippen molar-refractivity contribution in [3.05, 3.63) is 29.7 Å². The molecule has 0 radical (unpaired) electrons. The smallest absolute Gasteiger partial charge is 0.277 e. The molecule has 0 aliphatic rings. The first-order chi connectivity index (χ1) is 8.10. The fourth-order valence-corrected chi connectivity index (χ4v) is 1.37. The highest BCUT2D eigenvalue weighted by molar-refractivity contribution is 6.02. The molecule has 0 saturated carbocycles. The van der Waals surface area contributed by atoms with E-state index >= 15 is 0 Å². The second-order valence-electron chi connectivity index (χ2n) is 3.51. The number of anilines is 1. The fraction of sp³-hybridized carbons (Fsp3) is 0.200. The van der Waals surface area contributed by atoms with E-state index in [0.717, 1.165) is 0 Å². The largest absolute Gasteiger partial charge is 0.303 e. The molecule has 2 aromatic heterocycles. The number of nitriles is 1. The summed E-state index contributed by atoms with van der Waals surface area (Å²) in [4.78, 5) is 11.8. The van der Waals surface area contributed by atoms with Gasteiger partial charge in [-0.3, -0.25) is 14.2 Å². The lowest BCUT2D eigenvalue weighted by Gasteiger charge is -1.98. The Bertz CT molecular complexity index is 603. The van der Waals surface area contributed by atoms with Crippen molar-refractivity contribution in [3.8, 4) is 6.07 Å². The topological polar surface area (TPSA) is 88.5 Å². The van der Waals surface area contributed by atoms with Gasteiger partial charge in [-0.1, -0.05) is 0 Å². The lowest BCUT2D eigenvalue weighted by Crippen LogP contribution is -2.14. The fourth-order valence-electron chi connectivity index (χ4n) is 1.37. The van der Waals surface area contributed by atoms with Gasteiger partial charge in [0.25, 0.3) is 5.91 Å². The molecule has 7 nitrogen and oxygen atoms in total. The number of hydrogen-bond acceptors (Lipinski definition) is 4. The molecule has 0 saturated heterocycles. The molecule has 2 rings (SSSR count). The summed E-state index contributed by atoms with van der Waals surface area (Å²) < 4.78 is 2.99. The minimum atomic E-state index is -0.388. The highest BCUT2D eigenvalue weighted by atomic mass is 16.2. The van der Waals surface area contributed by atoms with Crippen LogP contribution < -0.4 is 5.32 Å². The lowest BCUT2D eigenvalue weighted by atomic mass is 10.3. The van der Waals surface area contributed by atoms with Gasteiger partial charge in [-0.25, -0.2) is 0 Å². The van der Waals surface area contributed by atoms with Crippen LogP contribution in [0.2, 0.25) is 0 Å². The van der Waals surface area contributed by atoms with Crippen molar-refractivity contribution >= 4 is 11.7 Å². The van der Waals surface area contributed by atoms with Gasteiger partial charge in [-0.2, -0.15) is 15.5 Å². The van der Waals surface area contributed by atoms with Gasteiger partial charge in [0.05, 0.1) is 0 Å². The predicted octanol–water partition coefficient (Wildman–Crippen LogP) is 0.278. The normalized spacial score (nSPS) is 9.94. The Morgan fingerprint density at radius 2 is 2.18 bits per heavy atom. The molecule has 0 unspecified atom stereocenters. The molecule has 7 heteroatoms. The van der Waals surface area contributed by atoms with E-state index in [4.69, 9.17) is 5.26 Å². The van der Waals surface area contributed by atoms with E-state index in [0.29, 0.717) is 5.56 Å². The van der Waals surface area contributed by atoms with Gasteiger partial charge in [0.1, 0.15) is 11.6 Å². The number of nitrogens with zero attached hydrogens (tertiary/aromatic N) is 5. The maximum Gasteiger partial charge on any atom is 0.277 e. The third kappa shape index (κ3) is 2.15. The SMILES string of the molecule is Cn1ccc(C(=O)Nc2nn(C)cc2C#N)n1. The molecule has 17 heavy (non-hydrogen) atoms. The molecule has 0 atom stereocenters. The van der Waals surface area contributed by atoms with E-state index in [1.54, 1.807) is 26.4 Å². The first kappa shape index (κ1) is 10.9. The van der Waals surface area contributed by atoms with Crippen LogP contribution in [0.25, 0.3) is 0 Å². The van der Waals surface area contributed by atoms with E-state index < -0.39 is 0 Å². The van der Waals surface area contributed by atoms with E-state index in [9.17, 15) is 4.79 Å². The van der Waals surface area contributed by atoms with Crippen LogP contribution in [-0.4, -0.2) is 25.5 Å². The monoisotopic (exact) mass is 230 g/mol. The number of carbonyl (C=O) groups excluding carboxylic acids is 1. The minimum Gasteiger partial charge on any atom is -0.303 e. The molecule has 1 N–H and O–H groups in total. The van der Waals surface area contributed by atoms with Crippen molar-refractivity contribution in [1.82, 2.24) is 19.6 Å². The summed E-state index contributed by atoms with van der Waals surface area (Å²) in [6.45, 7) is 0. The molecule has 2 heterocycles. The van der Waals surface area contributed by atoms with Crippen LogP contribution in [0.15, 0.2) is 18.5 Å². The zero-order valence-electron chi connectivity index (χ0n) is 9.38. The van der Waals surface area contributed by atoms with E-state index in [1.165, 1.54) is 15.6 Å². The van der Waals surface area contributed by atoms with Crippen LogP contribution >= 0.6 is 0 Å².